The Morgan fingerprint density at radius 3 is 2.09 bits per heavy atom. The first kappa shape index (κ1) is 8.00. The first-order valence-corrected chi connectivity index (χ1v) is 3.27. The summed E-state index contributed by atoms with van der Waals surface area (Å²) in [5.74, 6) is -2.16. The zero-order chi connectivity index (χ0) is 8.48. The van der Waals surface area contributed by atoms with E-state index in [1.54, 1.807) is 0 Å². The van der Waals surface area contributed by atoms with Gasteiger partial charge in [-0.3, -0.25) is 9.59 Å². The van der Waals surface area contributed by atoms with Crippen LogP contribution < -0.4 is 5.32 Å². The summed E-state index contributed by atoms with van der Waals surface area (Å²) in [6.45, 7) is 0.583. The summed E-state index contributed by atoms with van der Waals surface area (Å²) in [6.07, 6.45) is 0.0525. The van der Waals surface area contributed by atoms with E-state index in [2.05, 4.69) is 5.32 Å². The topological polar surface area (TPSA) is 86.6 Å². The second-order valence-corrected chi connectivity index (χ2v) is 2.63. The first-order valence-electron chi connectivity index (χ1n) is 3.27. The van der Waals surface area contributed by atoms with Crippen molar-refractivity contribution in [2.75, 3.05) is 6.54 Å². The molecule has 1 aliphatic rings. The lowest BCUT2D eigenvalue weighted by Crippen LogP contribution is -2.63. The van der Waals surface area contributed by atoms with Crippen molar-refractivity contribution in [2.45, 2.75) is 18.4 Å². The molecule has 0 aromatic heterocycles. The molecule has 3 N–H and O–H groups in total. The zero-order valence-corrected chi connectivity index (χ0v) is 5.83. The summed E-state index contributed by atoms with van der Waals surface area (Å²) in [5, 5.41) is 19.6. The number of hydrogen-bond acceptors (Lipinski definition) is 3. The fourth-order valence-corrected chi connectivity index (χ4v) is 1.09. The third-order valence-electron chi connectivity index (χ3n) is 1.88. The van der Waals surface area contributed by atoms with E-state index in [0.29, 0.717) is 13.0 Å². The summed E-state index contributed by atoms with van der Waals surface area (Å²) in [4.78, 5) is 20.7. The van der Waals surface area contributed by atoms with Crippen LogP contribution in [0.5, 0.6) is 0 Å². The molecule has 0 aromatic carbocycles. The quantitative estimate of drug-likeness (QED) is 0.505. The summed E-state index contributed by atoms with van der Waals surface area (Å²) in [7, 11) is 0. The van der Waals surface area contributed by atoms with Gasteiger partial charge in [-0.2, -0.15) is 0 Å². The Morgan fingerprint density at radius 1 is 1.45 bits per heavy atom. The predicted octanol–water partition coefficient (Wildman–Crippen LogP) is -0.722. The Kier molecular flexibility index (Phi) is 1.82. The summed E-state index contributed by atoms with van der Waals surface area (Å²) < 4.78 is 0. The average molecular weight is 159 g/mol. The fraction of sp³-hybridized carbons (Fsp3) is 0.667. The van der Waals surface area contributed by atoms with Crippen LogP contribution in [-0.4, -0.2) is 34.2 Å². The molecule has 0 aliphatic carbocycles. The highest BCUT2D eigenvalue weighted by molar-refractivity contribution is 5.86. The number of aliphatic carboxylic acids is 2. The maximum atomic E-state index is 10.5. The second-order valence-electron chi connectivity index (χ2n) is 2.63. The van der Waals surface area contributed by atoms with Crippen molar-refractivity contribution in [3.05, 3.63) is 0 Å². The molecule has 5 nitrogen and oxygen atoms in total. The van der Waals surface area contributed by atoms with Gasteiger partial charge in [0.25, 0.3) is 0 Å². The van der Waals surface area contributed by atoms with Gasteiger partial charge in [-0.1, -0.05) is 0 Å². The summed E-state index contributed by atoms with van der Waals surface area (Å²) >= 11 is 0. The molecular formula is C6H9NO4. The van der Waals surface area contributed by atoms with E-state index in [4.69, 9.17) is 10.2 Å². The molecule has 0 aromatic rings. The molecule has 5 heteroatoms. The number of carbonyl (C=O) groups is 2. The molecule has 0 saturated carbocycles. The smallest absolute Gasteiger partial charge is 0.324 e. The fourth-order valence-electron chi connectivity index (χ4n) is 1.09. The minimum absolute atomic E-state index is 0.345. The third kappa shape index (κ3) is 1.32. The zero-order valence-electron chi connectivity index (χ0n) is 5.83. The van der Waals surface area contributed by atoms with Gasteiger partial charge in [0.1, 0.15) is 5.54 Å². The molecule has 0 radical (unpaired) electrons. The molecule has 62 valence electrons. The molecule has 1 atom stereocenters. The number of carboxylic acid groups (broad SMARTS) is 2. The molecule has 0 spiro atoms. The Morgan fingerprint density at radius 2 is 2.00 bits per heavy atom. The van der Waals surface area contributed by atoms with Crippen LogP contribution in [0.1, 0.15) is 12.8 Å². The first-order chi connectivity index (χ1) is 5.07. The van der Waals surface area contributed by atoms with Crippen LogP contribution in [0, 0.1) is 0 Å². The van der Waals surface area contributed by atoms with Crippen molar-refractivity contribution in [1.29, 1.82) is 0 Å². The Bertz CT molecular complexity index is 197. The normalized spacial score (nSPS) is 29.1. The van der Waals surface area contributed by atoms with Gasteiger partial charge in [0.05, 0.1) is 6.42 Å². The third-order valence-corrected chi connectivity index (χ3v) is 1.88. The minimum Gasteiger partial charge on any atom is -0.481 e. The van der Waals surface area contributed by atoms with E-state index in [9.17, 15) is 9.59 Å². The van der Waals surface area contributed by atoms with Crippen molar-refractivity contribution in [1.82, 2.24) is 5.32 Å². The van der Waals surface area contributed by atoms with Gasteiger partial charge in [-0.05, 0) is 13.0 Å². The van der Waals surface area contributed by atoms with Gasteiger partial charge < -0.3 is 15.5 Å². The average Bonchev–Trinajstić information content (AvgIpc) is 1.77. The van der Waals surface area contributed by atoms with E-state index < -0.39 is 17.5 Å². The van der Waals surface area contributed by atoms with Gasteiger partial charge >= 0.3 is 11.9 Å². The van der Waals surface area contributed by atoms with Crippen molar-refractivity contribution in [2.24, 2.45) is 0 Å². The van der Waals surface area contributed by atoms with Crippen LogP contribution >= 0.6 is 0 Å². The molecule has 1 fully saturated rings. The van der Waals surface area contributed by atoms with E-state index >= 15 is 0 Å². The van der Waals surface area contributed by atoms with Crippen molar-refractivity contribution in [3.8, 4) is 0 Å². The van der Waals surface area contributed by atoms with Gasteiger partial charge in [0.15, 0.2) is 0 Å². The number of hydrogen-bond donors (Lipinski definition) is 3. The minimum atomic E-state index is -1.19. The van der Waals surface area contributed by atoms with E-state index in [1.807, 2.05) is 0 Å². The Balaban J connectivity index is 2.61. The van der Waals surface area contributed by atoms with Crippen LogP contribution in [0.2, 0.25) is 0 Å². The highest BCUT2D eigenvalue weighted by Gasteiger charge is 2.45. The molecule has 1 rings (SSSR count). The predicted molar refractivity (Wildman–Crippen MR) is 35.2 cm³/mol. The van der Waals surface area contributed by atoms with Crippen LogP contribution in [0.15, 0.2) is 0 Å². The molecule has 1 heterocycles. The summed E-state index contributed by atoms with van der Waals surface area (Å²) in [6, 6.07) is 0. The van der Waals surface area contributed by atoms with E-state index in [1.165, 1.54) is 0 Å². The molecule has 1 aliphatic heterocycles. The Hall–Kier alpha value is -1.10. The van der Waals surface area contributed by atoms with Gasteiger partial charge in [0, 0.05) is 0 Å². The van der Waals surface area contributed by atoms with Crippen LogP contribution in [0.4, 0.5) is 0 Å². The highest BCUT2D eigenvalue weighted by Crippen LogP contribution is 2.22. The SMILES string of the molecule is O=C(O)CC1(C(=O)O)CCN1. The molecule has 0 amide bonds. The molecule has 0 bridgehead atoms. The monoisotopic (exact) mass is 159 g/mol. The number of rotatable bonds is 3. The maximum Gasteiger partial charge on any atom is 0.324 e. The van der Waals surface area contributed by atoms with Crippen LogP contribution in [0.25, 0.3) is 0 Å². The lowest BCUT2D eigenvalue weighted by Gasteiger charge is -2.37. The summed E-state index contributed by atoms with van der Waals surface area (Å²) in [5.41, 5.74) is -1.19. The number of nitrogens with one attached hydrogen (secondary N) is 1. The standard InChI is InChI=1S/C6H9NO4/c8-4(9)3-6(5(10)11)1-2-7-6/h7H,1-3H2,(H,8,9)(H,10,11). The van der Waals surface area contributed by atoms with Gasteiger partial charge in [-0.25, -0.2) is 0 Å². The van der Waals surface area contributed by atoms with E-state index in [0.717, 1.165) is 0 Å². The van der Waals surface area contributed by atoms with Gasteiger partial charge in [-0.15, -0.1) is 0 Å². The van der Waals surface area contributed by atoms with Gasteiger partial charge in [0.2, 0.25) is 0 Å². The maximum absolute atomic E-state index is 10.5. The lowest BCUT2D eigenvalue weighted by atomic mass is 9.85. The number of carboxylic acids is 2. The van der Waals surface area contributed by atoms with Crippen molar-refractivity contribution < 1.29 is 19.8 Å². The molecular weight excluding hydrogens is 150 g/mol. The lowest BCUT2D eigenvalue weighted by molar-refractivity contribution is -0.154. The Labute approximate surface area is 63.0 Å². The highest BCUT2D eigenvalue weighted by atomic mass is 16.4. The van der Waals surface area contributed by atoms with Crippen molar-refractivity contribution in [3.63, 3.8) is 0 Å². The molecule has 1 unspecified atom stereocenters. The van der Waals surface area contributed by atoms with Crippen LogP contribution in [0.3, 0.4) is 0 Å². The largest absolute Gasteiger partial charge is 0.481 e. The molecule has 11 heavy (non-hydrogen) atoms. The second kappa shape index (κ2) is 2.50. The van der Waals surface area contributed by atoms with Crippen LogP contribution in [-0.2, 0) is 9.59 Å². The van der Waals surface area contributed by atoms with Crippen molar-refractivity contribution >= 4 is 11.9 Å². The van der Waals surface area contributed by atoms with E-state index in [-0.39, 0.29) is 6.42 Å². The molecule has 1 saturated heterocycles.